The average Bonchev–Trinajstić information content (AvgIpc) is 2.85. The number of thioether (sulfide) groups is 1. The highest BCUT2D eigenvalue weighted by molar-refractivity contribution is 7.99. The molecule has 7 nitrogen and oxygen atoms in total. The zero-order valence-corrected chi connectivity index (χ0v) is 20.7. The van der Waals surface area contributed by atoms with Crippen LogP contribution >= 0.6 is 11.8 Å². The number of rotatable bonds is 7. The van der Waals surface area contributed by atoms with Gasteiger partial charge >= 0.3 is 11.9 Å². The zero-order valence-electron chi connectivity index (χ0n) is 19.9. The lowest BCUT2D eigenvalue weighted by Crippen LogP contribution is -2.19. The second kappa shape index (κ2) is 11.1. The van der Waals surface area contributed by atoms with E-state index in [9.17, 15) is 19.5 Å². The molecule has 184 valence electrons. The first-order chi connectivity index (χ1) is 17.3. The highest BCUT2D eigenvalue weighted by Gasteiger charge is 2.23. The van der Waals surface area contributed by atoms with E-state index in [1.54, 1.807) is 18.2 Å². The molecule has 0 fully saturated rings. The third kappa shape index (κ3) is 6.14. The number of anilines is 1. The predicted octanol–water partition coefficient (Wildman–Crippen LogP) is 5.34. The third-order valence-corrected chi connectivity index (χ3v) is 6.60. The summed E-state index contributed by atoms with van der Waals surface area (Å²) in [6, 6.07) is 20.1. The molecule has 3 aromatic rings. The van der Waals surface area contributed by atoms with Gasteiger partial charge in [0.1, 0.15) is 5.76 Å². The lowest BCUT2D eigenvalue weighted by molar-refractivity contribution is -0.134. The molecular weight excluding hydrogens is 478 g/mol. The highest BCUT2D eigenvalue weighted by Crippen LogP contribution is 2.36. The molecule has 0 unspecified atom stereocenters. The Bertz CT molecular complexity index is 1350. The minimum atomic E-state index is -0.502. The number of nitrogens with one attached hydrogen (secondary N) is 1. The van der Waals surface area contributed by atoms with Crippen molar-refractivity contribution in [1.29, 1.82) is 0 Å². The Morgan fingerprint density at radius 2 is 1.50 bits per heavy atom. The Kier molecular flexibility index (Phi) is 7.75. The van der Waals surface area contributed by atoms with Gasteiger partial charge < -0.3 is 19.9 Å². The molecular formula is C28H25NO6S. The van der Waals surface area contributed by atoms with Crippen LogP contribution in [-0.2, 0) is 27.2 Å². The van der Waals surface area contributed by atoms with Crippen molar-refractivity contribution in [2.24, 2.45) is 0 Å². The van der Waals surface area contributed by atoms with E-state index in [2.05, 4.69) is 5.32 Å². The van der Waals surface area contributed by atoms with E-state index in [1.165, 1.54) is 25.6 Å². The fraction of sp³-hybridized carbons (Fsp3) is 0.179. The quantitative estimate of drug-likeness (QED) is 0.332. The molecule has 1 aliphatic rings. The molecule has 0 atom stereocenters. The minimum absolute atomic E-state index is 0.0197. The van der Waals surface area contributed by atoms with Crippen LogP contribution in [0.2, 0.25) is 0 Å². The maximum Gasteiger partial charge on any atom is 0.308 e. The molecule has 0 radical (unpaired) electrons. The minimum Gasteiger partial charge on any atom is -0.507 e. The summed E-state index contributed by atoms with van der Waals surface area (Å²) in [5.74, 6) is -0.505. The molecule has 0 saturated carbocycles. The number of aliphatic hydroxyl groups excluding tert-OH is 1. The Morgan fingerprint density at radius 1 is 0.861 bits per heavy atom. The van der Waals surface area contributed by atoms with Gasteiger partial charge in [-0.05, 0) is 54.3 Å². The van der Waals surface area contributed by atoms with E-state index >= 15 is 0 Å². The number of hydrogen-bond donors (Lipinski definition) is 2. The van der Waals surface area contributed by atoms with Gasteiger partial charge in [0.15, 0.2) is 11.5 Å². The van der Waals surface area contributed by atoms with Gasteiger partial charge in [0, 0.05) is 35.7 Å². The Labute approximate surface area is 213 Å². The molecule has 2 N–H and O–H groups in total. The van der Waals surface area contributed by atoms with E-state index in [0.717, 1.165) is 16.0 Å². The Hall–Kier alpha value is -4.04. The molecule has 3 aromatic carbocycles. The lowest BCUT2D eigenvalue weighted by atomic mass is 10.0. The van der Waals surface area contributed by atoms with Crippen molar-refractivity contribution in [2.75, 3.05) is 11.1 Å². The maximum atomic E-state index is 12.8. The first kappa shape index (κ1) is 25.1. The van der Waals surface area contributed by atoms with E-state index < -0.39 is 11.9 Å². The number of aryl methyl sites for hydroxylation is 2. The standard InChI is InChI=1S/C28H25NO6S/c1-17(30)34-24-14-11-20(15-25(24)35-18(2)31)8-7-19-9-12-21(13-10-19)29-28(33)23-16-36-26-6-4-3-5-22(26)27(23)32/h3-6,9-15,32H,7-8,16H2,1-2H3,(H,29,33). The molecule has 1 heterocycles. The third-order valence-electron chi connectivity index (χ3n) is 5.50. The van der Waals surface area contributed by atoms with Gasteiger partial charge in [-0.1, -0.05) is 36.4 Å². The molecule has 1 aliphatic heterocycles. The van der Waals surface area contributed by atoms with Crippen molar-refractivity contribution in [2.45, 2.75) is 31.6 Å². The van der Waals surface area contributed by atoms with Crippen molar-refractivity contribution >= 4 is 41.1 Å². The van der Waals surface area contributed by atoms with Gasteiger partial charge in [-0.3, -0.25) is 14.4 Å². The number of esters is 2. The summed E-state index contributed by atoms with van der Waals surface area (Å²) in [5.41, 5.74) is 3.62. The number of amides is 1. The summed E-state index contributed by atoms with van der Waals surface area (Å²) in [4.78, 5) is 36.4. The van der Waals surface area contributed by atoms with Gasteiger partial charge in [-0.2, -0.15) is 0 Å². The van der Waals surface area contributed by atoms with E-state index in [0.29, 0.717) is 35.4 Å². The van der Waals surface area contributed by atoms with Crippen LogP contribution in [0.5, 0.6) is 11.5 Å². The summed E-state index contributed by atoms with van der Waals surface area (Å²) >= 11 is 1.52. The number of hydrogen-bond acceptors (Lipinski definition) is 7. The first-order valence-electron chi connectivity index (χ1n) is 11.3. The number of fused-ring (bicyclic) bond motifs is 1. The van der Waals surface area contributed by atoms with Crippen LogP contribution in [0.4, 0.5) is 5.69 Å². The smallest absolute Gasteiger partial charge is 0.308 e. The molecule has 0 spiro atoms. The van der Waals surface area contributed by atoms with Gasteiger partial charge in [0.05, 0.1) is 5.57 Å². The number of carbonyl (C=O) groups excluding carboxylic acids is 3. The highest BCUT2D eigenvalue weighted by atomic mass is 32.2. The molecule has 0 aromatic heterocycles. The van der Waals surface area contributed by atoms with Crippen molar-refractivity contribution in [3.8, 4) is 11.5 Å². The van der Waals surface area contributed by atoms with Crippen molar-refractivity contribution < 1.29 is 29.0 Å². The van der Waals surface area contributed by atoms with Gasteiger partial charge in [-0.25, -0.2) is 0 Å². The van der Waals surface area contributed by atoms with Crippen molar-refractivity contribution in [3.63, 3.8) is 0 Å². The molecule has 36 heavy (non-hydrogen) atoms. The fourth-order valence-corrected chi connectivity index (χ4v) is 4.84. The number of ether oxygens (including phenoxy) is 2. The molecule has 0 aliphatic carbocycles. The van der Waals surface area contributed by atoms with Crippen LogP contribution in [0.3, 0.4) is 0 Å². The second-order valence-electron chi connectivity index (χ2n) is 8.23. The monoisotopic (exact) mass is 503 g/mol. The number of benzene rings is 3. The number of aliphatic hydroxyl groups is 1. The van der Waals surface area contributed by atoms with Crippen LogP contribution in [0.1, 0.15) is 30.5 Å². The summed E-state index contributed by atoms with van der Waals surface area (Å²) in [6.45, 7) is 2.57. The molecule has 0 saturated heterocycles. The fourth-order valence-electron chi connectivity index (χ4n) is 3.77. The van der Waals surface area contributed by atoms with Crippen molar-refractivity contribution in [1.82, 2.24) is 0 Å². The van der Waals surface area contributed by atoms with E-state index in [1.807, 2.05) is 48.5 Å². The van der Waals surface area contributed by atoms with Crippen LogP contribution in [0.25, 0.3) is 5.76 Å². The van der Waals surface area contributed by atoms with E-state index in [-0.39, 0.29) is 23.2 Å². The topological polar surface area (TPSA) is 102 Å². The lowest BCUT2D eigenvalue weighted by Gasteiger charge is -2.18. The van der Waals surface area contributed by atoms with Gasteiger partial charge in [0.25, 0.3) is 5.91 Å². The predicted molar refractivity (Wildman–Crippen MR) is 138 cm³/mol. The summed E-state index contributed by atoms with van der Waals surface area (Å²) in [6.07, 6.45) is 1.37. The average molecular weight is 504 g/mol. The van der Waals surface area contributed by atoms with Crippen LogP contribution in [0.15, 0.2) is 77.2 Å². The maximum absolute atomic E-state index is 12.8. The molecule has 0 bridgehead atoms. The Balaban J connectivity index is 1.39. The SMILES string of the molecule is CC(=O)Oc1ccc(CCc2ccc(NC(=O)C3=C(O)c4ccccc4SC3)cc2)cc1OC(C)=O. The van der Waals surface area contributed by atoms with E-state index in [4.69, 9.17) is 9.47 Å². The van der Waals surface area contributed by atoms with Crippen molar-refractivity contribution in [3.05, 3.63) is 89.0 Å². The first-order valence-corrected chi connectivity index (χ1v) is 12.3. The molecule has 8 heteroatoms. The molecule has 1 amide bonds. The Morgan fingerprint density at radius 3 is 2.22 bits per heavy atom. The van der Waals surface area contributed by atoms with Crippen LogP contribution in [0, 0.1) is 0 Å². The van der Waals surface area contributed by atoms with Gasteiger partial charge in [0.2, 0.25) is 0 Å². The zero-order chi connectivity index (χ0) is 25.7. The summed E-state index contributed by atoms with van der Waals surface area (Å²) in [5, 5.41) is 13.4. The van der Waals surface area contributed by atoms with Crippen LogP contribution < -0.4 is 14.8 Å². The summed E-state index contributed by atoms with van der Waals surface area (Å²) in [7, 11) is 0. The summed E-state index contributed by atoms with van der Waals surface area (Å²) < 4.78 is 10.3. The second-order valence-corrected chi connectivity index (χ2v) is 9.25. The number of carbonyl (C=O) groups is 3. The largest absolute Gasteiger partial charge is 0.507 e. The van der Waals surface area contributed by atoms with Gasteiger partial charge in [-0.15, -0.1) is 11.8 Å². The molecule has 4 rings (SSSR count). The van der Waals surface area contributed by atoms with Crippen LogP contribution in [-0.4, -0.2) is 28.7 Å². The normalized spacial score (nSPS) is 12.5.